The average Bonchev–Trinajstić information content (AvgIpc) is 2.36. The molecule has 0 saturated carbocycles. The van der Waals surface area contributed by atoms with Crippen LogP contribution in [0.15, 0.2) is 4.63 Å². The molecule has 0 saturated heterocycles. The lowest BCUT2D eigenvalue weighted by atomic mass is 10.4. The van der Waals surface area contributed by atoms with E-state index in [4.69, 9.17) is 10.2 Å². The number of nitrogens with zero attached hydrogens (tertiary/aromatic N) is 2. The third-order valence-corrected chi connectivity index (χ3v) is 1.36. The number of nitrogens with one attached hydrogen (secondary N) is 2. The molecule has 0 bridgehead atoms. The largest absolute Gasteiger partial charge is 0.369 e. The first kappa shape index (κ1) is 6.38. The number of hydrogen-bond donors (Lipinski definition) is 4. The Labute approximate surface area is 61.0 Å². The van der Waals surface area contributed by atoms with Crippen molar-refractivity contribution in [3.8, 4) is 0 Å². The average molecular weight is 158 g/mol. The standard InChI is InChI=1S/C4H6N4O3/c9-3-4(10)6-2-1(5-3)7-11-8-2/h3-4,9-10H,(H,5,7)(H,6,8). The predicted molar refractivity (Wildman–Crippen MR) is 33.6 cm³/mol. The molecular formula is C4H6N4O3. The quantitative estimate of drug-likeness (QED) is 0.366. The predicted octanol–water partition coefficient (Wildman–Crippen LogP) is -1.46. The lowest BCUT2D eigenvalue weighted by Crippen LogP contribution is -2.42. The SMILES string of the molecule is OC1Nc2nonc2NC1O. The van der Waals surface area contributed by atoms with E-state index in [9.17, 15) is 0 Å². The van der Waals surface area contributed by atoms with Crippen molar-refractivity contribution in [2.45, 2.75) is 12.5 Å². The molecular weight excluding hydrogens is 152 g/mol. The van der Waals surface area contributed by atoms with E-state index in [2.05, 4.69) is 25.6 Å². The molecule has 0 amide bonds. The van der Waals surface area contributed by atoms with Crippen molar-refractivity contribution >= 4 is 11.6 Å². The van der Waals surface area contributed by atoms with E-state index < -0.39 is 12.5 Å². The van der Waals surface area contributed by atoms with Crippen LogP contribution in [0.25, 0.3) is 0 Å². The van der Waals surface area contributed by atoms with Crippen molar-refractivity contribution in [2.24, 2.45) is 0 Å². The van der Waals surface area contributed by atoms with E-state index in [-0.39, 0.29) is 0 Å². The zero-order chi connectivity index (χ0) is 7.84. The number of aliphatic hydroxyl groups is 2. The number of aromatic nitrogens is 2. The van der Waals surface area contributed by atoms with Crippen LogP contribution in [-0.2, 0) is 0 Å². The van der Waals surface area contributed by atoms with Gasteiger partial charge in [0.2, 0.25) is 11.6 Å². The van der Waals surface area contributed by atoms with Gasteiger partial charge in [0.25, 0.3) is 0 Å². The van der Waals surface area contributed by atoms with Gasteiger partial charge in [0.1, 0.15) is 0 Å². The summed E-state index contributed by atoms with van der Waals surface area (Å²) in [5, 5.41) is 29.8. The fourth-order valence-electron chi connectivity index (χ4n) is 0.816. The molecule has 0 fully saturated rings. The third kappa shape index (κ3) is 0.900. The maximum Gasteiger partial charge on any atom is 0.217 e. The van der Waals surface area contributed by atoms with Crippen LogP contribution in [0.2, 0.25) is 0 Å². The van der Waals surface area contributed by atoms with E-state index in [1.807, 2.05) is 0 Å². The van der Waals surface area contributed by atoms with Crippen molar-refractivity contribution in [1.29, 1.82) is 0 Å². The maximum absolute atomic E-state index is 9.01. The molecule has 1 aliphatic rings. The number of rotatable bonds is 0. The van der Waals surface area contributed by atoms with Crippen LogP contribution in [0.4, 0.5) is 11.6 Å². The maximum atomic E-state index is 9.01. The van der Waals surface area contributed by atoms with Gasteiger partial charge in [-0.1, -0.05) is 0 Å². The number of aliphatic hydroxyl groups excluding tert-OH is 2. The molecule has 7 nitrogen and oxygen atoms in total. The molecule has 0 radical (unpaired) electrons. The molecule has 11 heavy (non-hydrogen) atoms. The number of hydrogen-bond acceptors (Lipinski definition) is 7. The summed E-state index contributed by atoms with van der Waals surface area (Å²) in [4.78, 5) is 0. The Balaban J connectivity index is 2.30. The van der Waals surface area contributed by atoms with Crippen LogP contribution < -0.4 is 10.6 Å². The van der Waals surface area contributed by atoms with Gasteiger partial charge in [-0.15, -0.1) is 0 Å². The zero-order valence-electron chi connectivity index (χ0n) is 5.35. The molecule has 2 heterocycles. The highest BCUT2D eigenvalue weighted by molar-refractivity contribution is 5.60. The minimum absolute atomic E-state index is 0.294. The van der Waals surface area contributed by atoms with Gasteiger partial charge < -0.3 is 20.8 Å². The fraction of sp³-hybridized carbons (Fsp3) is 0.500. The highest BCUT2D eigenvalue weighted by Crippen LogP contribution is 2.21. The van der Waals surface area contributed by atoms with Gasteiger partial charge >= 0.3 is 0 Å². The van der Waals surface area contributed by atoms with Crippen LogP contribution in [0.3, 0.4) is 0 Å². The van der Waals surface area contributed by atoms with Crippen LogP contribution in [0.5, 0.6) is 0 Å². The van der Waals surface area contributed by atoms with Crippen molar-refractivity contribution < 1.29 is 14.8 Å². The topological polar surface area (TPSA) is 103 Å². The Bertz CT molecular complexity index is 237. The highest BCUT2D eigenvalue weighted by Gasteiger charge is 2.27. The van der Waals surface area contributed by atoms with Gasteiger partial charge in [-0.2, -0.15) is 0 Å². The number of anilines is 2. The van der Waals surface area contributed by atoms with E-state index in [1.54, 1.807) is 0 Å². The minimum atomic E-state index is -1.09. The minimum Gasteiger partial charge on any atom is -0.369 e. The molecule has 60 valence electrons. The van der Waals surface area contributed by atoms with E-state index >= 15 is 0 Å². The van der Waals surface area contributed by atoms with Gasteiger partial charge in [0.15, 0.2) is 12.5 Å². The van der Waals surface area contributed by atoms with Gasteiger partial charge in [-0.25, -0.2) is 4.63 Å². The van der Waals surface area contributed by atoms with Crippen molar-refractivity contribution in [3.05, 3.63) is 0 Å². The summed E-state index contributed by atoms with van der Waals surface area (Å²) in [6, 6.07) is 0. The molecule has 1 aromatic rings. The molecule has 2 atom stereocenters. The van der Waals surface area contributed by atoms with Crippen LogP contribution in [0, 0.1) is 0 Å². The van der Waals surface area contributed by atoms with Gasteiger partial charge in [-0.05, 0) is 10.3 Å². The summed E-state index contributed by atoms with van der Waals surface area (Å²) in [6.07, 6.45) is -2.18. The van der Waals surface area contributed by atoms with E-state index in [1.165, 1.54) is 0 Å². The molecule has 0 aliphatic carbocycles. The summed E-state index contributed by atoms with van der Waals surface area (Å²) >= 11 is 0. The first-order valence-corrected chi connectivity index (χ1v) is 2.99. The highest BCUT2D eigenvalue weighted by atomic mass is 16.6. The molecule has 0 aromatic carbocycles. The summed E-state index contributed by atoms with van der Waals surface area (Å²) in [7, 11) is 0. The second kappa shape index (κ2) is 2.07. The van der Waals surface area contributed by atoms with E-state index in [0.717, 1.165) is 0 Å². The van der Waals surface area contributed by atoms with E-state index in [0.29, 0.717) is 11.6 Å². The first-order valence-electron chi connectivity index (χ1n) is 2.99. The molecule has 0 spiro atoms. The third-order valence-electron chi connectivity index (χ3n) is 1.36. The molecule has 1 aliphatic heterocycles. The fourth-order valence-corrected chi connectivity index (χ4v) is 0.816. The summed E-state index contributed by atoms with van der Waals surface area (Å²) in [6.45, 7) is 0. The van der Waals surface area contributed by atoms with Gasteiger partial charge in [0.05, 0.1) is 0 Å². The lowest BCUT2D eigenvalue weighted by Gasteiger charge is -2.23. The smallest absolute Gasteiger partial charge is 0.217 e. The molecule has 2 unspecified atom stereocenters. The molecule has 7 heteroatoms. The van der Waals surface area contributed by atoms with Crippen molar-refractivity contribution in [1.82, 2.24) is 10.3 Å². The number of fused-ring (bicyclic) bond motifs is 1. The lowest BCUT2D eigenvalue weighted by molar-refractivity contribution is 0.0522. The molecule has 1 aromatic heterocycles. The normalized spacial score (nSPS) is 28.5. The van der Waals surface area contributed by atoms with Gasteiger partial charge in [0, 0.05) is 0 Å². The van der Waals surface area contributed by atoms with Gasteiger partial charge in [-0.3, -0.25) is 0 Å². The second-order valence-electron chi connectivity index (χ2n) is 2.14. The molecule has 2 rings (SSSR count). The Kier molecular flexibility index (Phi) is 1.20. The Morgan fingerprint density at radius 2 is 1.55 bits per heavy atom. The zero-order valence-corrected chi connectivity index (χ0v) is 5.35. The Hall–Kier alpha value is -1.34. The van der Waals surface area contributed by atoms with Crippen molar-refractivity contribution in [3.63, 3.8) is 0 Å². The summed E-state index contributed by atoms with van der Waals surface area (Å²) < 4.78 is 4.32. The van der Waals surface area contributed by atoms with Crippen LogP contribution in [0.1, 0.15) is 0 Å². The second-order valence-corrected chi connectivity index (χ2v) is 2.14. The van der Waals surface area contributed by atoms with Crippen molar-refractivity contribution in [2.75, 3.05) is 10.6 Å². The Morgan fingerprint density at radius 1 is 1.09 bits per heavy atom. The monoisotopic (exact) mass is 158 g/mol. The first-order chi connectivity index (χ1) is 5.27. The molecule has 4 N–H and O–H groups in total. The summed E-state index contributed by atoms with van der Waals surface area (Å²) in [5.74, 6) is 0.589. The van der Waals surface area contributed by atoms with Crippen LogP contribution in [-0.4, -0.2) is 33.0 Å². The van der Waals surface area contributed by atoms with Crippen LogP contribution >= 0.6 is 0 Å². The summed E-state index contributed by atoms with van der Waals surface area (Å²) in [5.41, 5.74) is 0. The Morgan fingerprint density at radius 3 is 2.00 bits per heavy atom.